The van der Waals surface area contributed by atoms with E-state index in [9.17, 15) is 0 Å². The van der Waals surface area contributed by atoms with Crippen molar-refractivity contribution in [3.63, 3.8) is 0 Å². The van der Waals surface area contributed by atoms with Crippen molar-refractivity contribution < 1.29 is 0 Å². The highest BCUT2D eigenvalue weighted by Crippen LogP contribution is 1.44. The number of aliphatic imine (C=N–C) groups is 1. The van der Waals surface area contributed by atoms with Gasteiger partial charge < -0.3 is 5.41 Å². The van der Waals surface area contributed by atoms with Crippen LogP contribution < -0.4 is 0 Å². The van der Waals surface area contributed by atoms with E-state index in [0.29, 0.717) is 0 Å². The fourth-order valence-corrected chi connectivity index (χ4v) is 0.0861. The zero-order valence-electron chi connectivity index (χ0n) is 3.18. The van der Waals surface area contributed by atoms with E-state index < -0.39 is 0 Å². The van der Waals surface area contributed by atoms with E-state index in [-0.39, 0.29) is 0 Å². The summed E-state index contributed by atoms with van der Waals surface area (Å²) in [6.45, 7) is 0. The van der Waals surface area contributed by atoms with Gasteiger partial charge in [0.1, 0.15) is 6.34 Å². The summed E-state index contributed by atoms with van der Waals surface area (Å²) < 4.78 is 0. The Morgan fingerprint density at radius 3 is 2.17 bits per heavy atom. The molecule has 0 bridgehead atoms. The number of rotatable bonds is 2. The van der Waals surface area contributed by atoms with Gasteiger partial charge in [-0.1, -0.05) is 0 Å². The first-order valence-corrected chi connectivity index (χ1v) is 1.43. The Labute approximate surface area is 35.7 Å². The SMILES string of the molecule is N=CC=NC=N. The summed E-state index contributed by atoms with van der Waals surface area (Å²) in [6.07, 6.45) is 3.13. The van der Waals surface area contributed by atoms with Crippen molar-refractivity contribution in [2.24, 2.45) is 4.99 Å². The second-order valence-electron chi connectivity index (χ2n) is 0.594. The molecule has 0 fully saturated rings. The maximum absolute atomic E-state index is 6.33. The molecule has 3 nitrogen and oxygen atoms in total. The van der Waals surface area contributed by atoms with Crippen molar-refractivity contribution in [3.05, 3.63) is 0 Å². The molecule has 0 atom stereocenters. The van der Waals surface area contributed by atoms with Crippen LogP contribution in [0.3, 0.4) is 0 Å². The van der Waals surface area contributed by atoms with Gasteiger partial charge in [-0.05, 0) is 0 Å². The van der Waals surface area contributed by atoms with Gasteiger partial charge in [0.2, 0.25) is 0 Å². The van der Waals surface area contributed by atoms with Gasteiger partial charge in [0.25, 0.3) is 0 Å². The molecule has 0 aromatic rings. The summed E-state index contributed by atoms with van der Waals surface area (Å²) >= 11 is 0. The van der Waals surface area contributed by atoms with Crippen LogP contribution in [0.25, 0.3) is 0 Å². The lowest BCUT2D eigenvalue weighted by atomic mass is 10.8. The second kappa shape index (κ2) is 4.01. The molecule has 0 heterocycles. The molecule has 0 spiro atoms. The van der Waals surface area contributed by atoms with Gasteiger partial charge in [-0.25, -0.2) is 4.99 Å². The molecule has 0 aliphatic carbocycles. The van der Waals surface area contributed by atoms with Crippen LogP contribution in [0, 0.1) is 10.8 Å². The van der Waals surface area contributed by atoms with Crippen molar-refractivity contribution in [2.45, 2.75) is 0 Å². The molecule has 0 aromatic carbocycles. The minimum Gasteiger partial charge on any atom is -0.307 e. The van der Waals surface area contributed by atoms with E-state index >= 15 is 0 Å². The Balaban J connectivity index is 3.17. The van der Waals surface area contributed by atoms with E-state index in [2.05, 4.69) is 4.99 Å². The molecule has 0 amide bonds. The van der Waals surface area contributed by atoms with Gasteiger partial charge >= 0.3 is 0 Å². The van der Waals surface area contributed by atoms with Gasteiger partial charge in [-0.15, -0.1) is 0 Å². The van der Waals surface area contributed by atoms with Gasteiger partial charge in [-0.3, -0.25) is 5.41 Å². The molecule has 32 valence electrons. The smallest absolute Gasteiger partial charge is 0.106 e. The quantitative estimate of drug-likeness (QED) is 0.356. The van der Waals surface area contributed by atoms with Crippen molar-refractivity contribution in [2.75, 3.05) is 0 Å². The molecule has 0 saturated carbocycles. The molecule has 0 radical (unpaired) electrons. The third kappa shape index (κ3) is 3.01. The molecule has 0 unspecified atom stereocenters. The van der Waals surface area contributed by atoms with Crippen LogP contribution in [-0.2, 0) is 0 Å². The van der Waals surface area contributed by atoms with Crippen molar-refractivity contribution in [3.8, 4) is 0 Å². The normalized spacial score (nSPS) is 8.67. The molecule has 0 aromatic heterocycles. The van der Waals surface area contributed by atoms with E-state index in [0.717, 1.165) is 12.6 Å². The number of nitrogens with zero attached hydrogens (tertiary/aromatic N) is 1. The van der Waals surface area contributed by atoms with Gasteiger partial charge in [0.05, 0.1) is 0 Å². The van der Waals surface area contributed by atoms with Crippen LogP contribution in [0.5, 0.6) is 0 Å². The Hall–Kier alpha value is -0.990. The first-order valence-electron chi connectivity index (χ1n) is 1.43. The van der Waals surface area contributed by atoms with Crippen molar-refractivity contribution in [1.82, 2.24) is 0 Å². The van der Waals surface area contributed by atoms with E-state index in [4.69, 9.17) is 10.8 Å². The molecule has 0 aliphatic rings. The summed E-state index contributed by atoms with van der Waals surface area (Å²) in [5.74, 6) is 0. The molecule has 0 rings (SSSR count). The highest BCUT2D eigenvalue weighted by Gasteiger charge is 1.50. The van der Waals surface area contributed by atoms with E-state index in [1.54, 1.807) is 0 Å². The van der Waals surface area contributed by atoms with Gasteiger partial charge in [0.15, 0.2) is 0 Å². The molecule has 3 heteroatoms. The third-order valence-corrected chi connectivity index (χ3v) is 0.235. The topological polar surface area (TPSA) is 60.1 Å². The summed E-state index contributed by atoms with van der Waals surface area (Å²) in [7, 11) is 0. The molecule has 0 aliphatic heterocycles. The summed E-state index contributed by atoms with van der Waals surface area (Å²) in [5, 5.41) is 12.6. The standard InChI is InChI=1S/C3H5N3/c4-1-2-6-3-5/h1-5H. The third-order valence-electron chi connectivity index (χ3n) is 0.235. The van der Waals surface area contributed by atoms with Crippen LogP contribution >= 0.6 is 0 Å². The number of hydrogen-bond acceptors (Lipinski definition) is 2. The number of hydrogen-bond donors (Lipinski definition) is 2. The largest absolute Gasteiger partial charge is 0.307 e. The zero-order chi connectivity index (χ0) is 4.83. The zero-order valence-corrected chi connectivity index (χ0v) is 3.18. The lowest BCUT2D eigenvalue weighted by Gasteiger charge is -1.60. The summed E-state index contributed by atoms with van der Waals surface area (Å²) in [4.78, 5) is 3.26. The molecule has 6 heavy (non-hydrogen) atoms. The van der Waals surface area contributed by atoms with Crippen LogP contribution in [-0.4, -0.2) is 18.8 Å². The van der Waals surface area contributed by atoms with Crippen LogP contribution in [0.15, 0.2) is 4.99 Å². The summed E-state index contributed by atoms with van der Waals surface area (Å²) in [5.41, 5.74) is 0. The first kappa shape index (κ1) is 5.01. The van der Waals surface area contributed by atoms with Crippen LogP contribution in [0.1, 0.15) is 0 Å². The van der Waals surface area contributed by atoms with Gasteiger partial charge in [0, 0.05) is 12.4 Å². The molecule has 2 N–H and O–H groups in total. The Bertz CT molecular complexity index is 64.1. The predicted octanol–water partition coefficient (Wildman–Crippen LogP) is 0.314. The fourth-order valence-electron chi connectivity index (χ4n) is 0.0861. The predicted molar refractivity (Wildman–Crippen MR) is 26.1 cm³/mol. The second-order valence-corrected chi connectivity index (χ2v) is 0.594. The maximum Gasteiger partial charge on any atom is 0.106 e. The Morgan fingerprint density at radius 2 is 2.00 bits per heavy atom. The summed E-state index contributed by atoms with van der Waals surface area (Å²) in [6, 6.07) is 0. The molecular weight excluding hydrogens is 78.1 g/mol. The van der Waals surface area contributed by atoms with Crippen molar-refractivity contribution >= 4 is 18.8 Å². The maximum atomic E-state index is 6.33. The fraction of sp³-hybridized carbons (Fsp3) is 0. The average molecular weight is 83.1 g/mol. The first-order chi connectivity index (χ1) is 2.91. The van der Waals surface area contributed by atoms with Gasteiger partial charge in [-0.2, -0.15) is 0 Å². The van der Waals surface area contributed by atoms with Crippen molar-refractivity contribution in [1.29, 1.82) is 10.8 Å². The molecular formula is C3H5N3. The highest BCUT2D eigenvalue weighted by atomic mass is 14.7. The average Bonchev–Trinajstić information content (AvgIpc) is 1.61. The van der Waals surface area contributed by atoms with Crippen LogP contribution in [0.4, 0.5) is 0 Å². The Morgan fingerprint density at radius 1 is 1.33 bits per heavy atom. The number of nitrogens with one attached hydrogen (secondary N) is 2. The lowest BCUT2D eigenvalue weighted by molar-refractivity contribution is 1.52. The highest BCUT2D eigenvalue weighted by molar-refractivity contribution is 6.16. The molecule has 0 saturated heterocycles. The lowest BCUT2D eigenvalue weighted by Crippen LogP contribution is -1.68. The van der Waals surface area contributed by atoms with E-state index in [1.807, 2.05) is 0 Å². The monoisotopic (exact) mass is 83.0 g/mol. The minimum absolute atomic E-state index is 0.880. The minimum atomic E-state index is 0.880. The van der Waals surface area contributed by atoms with Crippen LogP contribution in [0.2, 0.25) is 0 Å². The van der Waals surface area contributed by atoms with E-state index in [1.165, 1.54) is 6.21 Å². The Kier molecular flexibility index (Phi) is 3.35.